The first-order valence-electron chi connectivity index (χ1n) is 14.1. The quantitative estimate of drug-likeness (QED) is 0.185. The Bertz CT molecular complexity index is 1900. The molecule has 41 heavy (non-hydrogen) atoms. The van der Waals surface area contributed by atoms with E-state index in [-0.39, 0.29) is 32.2 Å². The van der Waals surface area contributed by atoms with E-state index in [4.69, 9.17) is 14.7 Å². The van der Waals surface area contributed by atoms with Crippen LogP contribution >= 0.6 is 0 Å². The third kappa shape index (κ3) is 4.91. The summed E-state index contributed by atoms with van der Waals surface area (Å²) in [5.41, 5.74) is 4.94. The third-order valence-electron chi connectivity index (χ3n) is 8.21. The van der Waals surface area contributed by atoms with Crippen LogP contribution in [0.1, 0.15) is 63.5 Å². The number of pyridine rings is 2. The monoisotopic (exact) mass is 721 g/mol. The Morgan fingerprint density at radius 1 is 0.902 bits per heavy atom. The molecule has 0 bridgehead atoms. The molecule has 0 saturated heterocycles. The molecule has 3 aromatic heterocycles. The number of rotatable bonds is 4. The van der Waals surface area contributed by atoms with Gasteiger partial charge in [-0.3, -0.25) is 0 Å². The molecular weight excluding hydrogens is 689 g/mol. The largest absolute Gasteiger partial charge is 0.506 e. The fourth-order valence-corrected chi connectivity index (χ4v) is 6.25. The van der Waals surface area contributed by atoms with Crippen molar-refractivity contribution < 1.29 is 30.9 Å². The van der Waals surface area contributed by atoms with Crippen molar-refractivity contribution in [1.82, 2.24) is 14.5 Å². The Hall–Kier alpha value is -3.69. The fourth-order valence-electron chi connectivity index (χ4n) is 6.25. The summed E-state index contributed by atoms with van der Waals surface area (Å²) in [6.07, 6.45) is 7.01. The molecule has 6 heteroatoms. The van der Waals surface area contributed by atoms with Crippen LogP contribution in [0.3, 0.4) is 0 Å². The van der Waals surface area contributed by atoms with Crippen molar-refractivity contribution in [3.63, 3.8) is 0 Å². The van der Waals surface area contributed by atoms with E-state index in [1.165, 1.54) is 31.2 Å². The van der Waals surface area contributed by atoms with Crippen molar-refractivity contribution in [3.8, 4) is 23.2 Å². The van der Waals surface area contributed by atoms with Crippen molar-refractivity contribution in [2.45, 2.75) is 57.8 Å². The maximum absolute atomic E-state index is 10.6. The van der Waals surface area contributed by atoms with Gasteiger partial charge in [0, 0.05) is 50.0 Å². The van der Waals surface area contributed by atoms with Crippen molar-refractivity contribution in [1.29, 1.82) is 0 Å². The number of para-hydroxylation sites is 1. The van der Waals surface area contributed by atoms with Crippen LogP contribution in [0, 0.1) is 6.07 Å². The van der Waals surface area contributed by atoms with Crippen LogP contribution in [-0.4, -0.2) is 19.6 Å². The number of aromatic hydroxyl groups is 1. The summed E-state index contributed by atoms with van der Waals surface area (Å²) in [7, 11) is 0. The van der Waals surface area contributed by atoms with Crippen LogP contribution in [0.2, 0.25) is 0 Å². The van der Waals surface area contributed by atoms with E-state index in [2.05, 4.69) is 73.9 Å². The smallest absolute Gasteiger partial charge is 0.217 e. The van der Waals surface area contributed by atoms with E-state index >= 15 is 0 Å². The van der Waals surface area contributed by atoms with Crippen LogP contribution in [0.5, 0.6) is 17.4 Å². The van der Waals surface area contributed by atoms with Crippen molar-refractivity contribution in [2.75, 3.05) is 0 Å². The zero-order chi connectivity index (χ0) is 27.4. The Kier molecular flexibility index (Phi) is 7.11. The van der Waals surface area contributed by atoms with Crippen molar-refractivity contribution in [2.24, 2.45) is 0 Å². The number of hydrogen-bond donors (Lipinski definition) is 1. The second kappa shape index (κ2) is 10.6. The SMILES string of the molecule is CC(C)(C)c1ccc(O)c2nc(Oc3[c-]c4c(cc3)c3ccccc3n4-c3cc(C4CCCC4)ccn3)ccc12.[Pt]. The molecule has 1 aliphatic rings. The molecule has 0 radical (unpaired) electrons. The van der Waals surface area contributed by atoms with Crippen molar-refractivity contribution in [3.05, 3.63) is 96.2 Å². The van der Waals surface area contributed by atoms with E-state index in [1.54, 1.807) is 6.07 Å². The number of fused-ring (bicyclic) bond motifs is 4. The molecule has 0 spiro atoms. The molecular formula is C35H32N3O2Pt-. The molecule has 1 saturated carbocycles. The molecule has 7 rings (SSSR count). The fraction of sp³-hybridized carbons (Fsp3) is 0.257. The molecule has 210 valence electrons. The molecule has 0 unspecified atom stereocenters. The number of nitrogens with zero attached hydrogens (tertiary/aromatic N) is 3. The second-order valence-corrected chi connectivity index (χ2v) is 11.9. The first-order valence-corrected chi connectivity index (χ1v) is 14.1. The minimum atomic E-state index is -0.0780. The van der Waals surface area contributed by atoms with Gasteiger partial charge < -0.3 is 14.4 Å². The van der Waals surface area contributed by atoms with E-state index < -0.39 is 0 Å². The molecule has 3 aromatic carbocycles. The second-order valence-electron chi connectivity index (χ2n) is 11.9. The van der Waals surface area contributed by atoms with E-state index in [0.29, 0.717) is 23.1 Å². The van der Waals surface area contributed by atoms with Crippen LogP contribution < -0.4 is 4.74 Å². The van der Waals surface area contributed by atoms with Gasteiger partial charge in [-0.1, -0.05) is 63.4 Å². The third-order valence-corrected chi connectivity index (χ3v) is 8.21. The van der Waals surface area contributed by atoms with Gasteiger partial charge >= 0.3 is 0 Å². The zero-order valence-electron chi connectivity index (χ0n) is 23.4. The standard InChI is InChI=1S/C35H32N3O2.Pt/c1-35(2,3)28-15-16-31(39)34-27(28)14-17-33(37-34)40-24-12-13-26-25-10-6-7-11-29(25)38(30(26)21-24)32-20-23(18-19-36-32)22-8-4-5-9-22;/h6-7,10-20,22,39H,4-5,8-9H2,1-3H3;/q-1;. The predicted molar refractivity (Wildman–Crippen MR) is 161 cm³/mol. The molecule has 1 N–H and O–H groups in total. The minimum Gasteiger partial charge on any atom is -0.506 e. The summed E-state index contributed by atoms with van der Waals surface area (Å²) in [6, 6.07) is 27.9. The van der Waals surface area contributed by atoms with Crippen LogP contribution in [-0.2, 0) is 26.5 Å². The van der Waals surface area contributed by atoms with Gasteiger partial charge in [0.1, 0.15) is 17.1 Å². The van der Waals surface area contributed by atoms with Gasteiger partial charge in [0.15, 0.2) is 0 Å². The summed E-state index contributed by atoms with van der Waals surface area (Å²) in [4.78, 5) is 9.49. The topological polar surface area (TPSA) is 60.2 Å². The van der Waals surface area contributed by atoms with Gasteiger partial charge in [0.25, 0.3) is 0 Å². The molecule has 1 aliphatic carbocycles. The van der Waals surface area contributed by atoms with Crippen LogP contribution in [0.15, 0.2) is 79.0 Å². The number of aromatic nitrogens is 3. The van der Waals surface area contributed by atoms with E-state index in [1.807, 2.05) is 30.5 Å². The normalized spacial score (nSPS) is 14.1. The zero-order valence-corrected chi connectivity index (χ0v) is 25.7. The summed E-state index contributed by atoms with van der Waals surface area (Å²) in [5.74, 6) is 2.61. The molecule has 0 atom stereocenters. The summed E-state index contributed by atoms with van der Waals surface area (Å²) in [5, 5.41) is 13.8. The molecule has 0 amide bonds. The average Bonchev–Trinajstić information content (AvgIpc) is 3.60. The molecule has 5 nitrogen and oxygen atoms in total. The number of phenolic OH excluding ortho intramolecular Hbond substituents is 1. The van der Waals surface area contributed by atoms with Gasteiger partial charge in [0.05, 0.1) is 0 Å². The number of benzene rings is 3. The maximum Gasteiger partial charge on any atom is 0.217 e. The average molecular weight is 722 g/mol. The summed E-state index contributed by atoms with van der Waals surface area (Å²) >= 11 is 0. The van der Waals surface area contributed by atoms with Gasteiger partial charge in [-0.2, -0.15) is 6.07 Å². The number of hydrogen-bond acceptors (Lipinski definition) is 4. The van der Waals surface area contributed by atoms with Gasteiger partial charge in [0.2, 0.25) is 5.88 Å². The molecule has 6 aromatic rings. The molecule has 1 fully saturated rings. The summed E-state index contributed by atoms with van der Waals surface area (Å²) in [6.45, 7) is 6.47. The first kappa shape index (κ1) is 27.5. The predicted octanol–water partition coefficient (Wildman–Crippen LogP) is 8.98. The number of phenols is 1. The van der Waals surface area contributed by atoms with Gasteiger partial charge in [-0.15, -0.1) is 17.5 Å². The Labute approximate surface area is 254 Å². The van der Waals surface area contributed by atoms with Crippen LogP contribution in [0.4, 0.5) is 0 Å². The molecule has 0 aliphatic heterocycles. The van der Waals surface area contributed by atoms with Gasteiger partial charge in [-0.25, -0.2) is 9.97 Å². The Balaban J connectivity index is 0.00000302. The maximum atomic E-state index is 10.6. The van der Waals surface area contributed by atoms with Crippen LogP contribution in [0.25, 0.3) is 38.5 Å². The van der Waals surface area contributed by atoms with E-state index in [0.717, 1.165) is 38.6 Å². The molecule has 3 heterocycles. The minimum absolute atomic E-state index is 0. The number of ether oxygens (including phenoxy) is 1. The Morgan fingerprint density at radius 3 is 2.49 bits per heavy atom. The Morgan fingerprint density at radius 2 is 1.68 bits per heavy atom. The van der Waals surface area contributed by atoms with Crippen molar-refractivity contribution >= 4 is 32.7 Å². The van der Waals surface area contributed by atoms with Gasteiger partial charge in [-0.05, 0) is 71.0 Å². The first-order chi connectivity index (χ1) is 19.4. The van der Waals surface area contributed by atoms with E-state index in [9.17, 15) is 5.11 Å². The summed E-state index contributed by atoms with van der Waals surface area (Å²) < 4.78 is 8.44.